The summed E-state index contributed by atoms with van der Waals surface area (Å²) in [6, 6.07) is 5.83. The van der Waals surface area contributed by atoms with Gasteiger partial charge in [-0.25, -0.2) is 17.7 Å². The molecule has 138 valence electrons. The van der Waals surface area contributed by atoms with E-state index in [0.29, 0.717) is 39.1 Å². The minimum atomic E-state index is -3.19. The average molecular weight is 366 g/mol. The van der Waals surface area contributed by atoms with E-state index in [2.05, 4.69) is 9.88 Å². The summed E-state index contributed by atoms with van der Waals surface area (Å²) in [5, 5.41) is 0. The van der Waals surface area contributed by atoms with Crippen molar-refractivity contribution in [3.63, 3.8) is 0 Å². The van der Waals surface area contributed by atoms with Crippen molar-refractivity contribution in [2.45, 2.75) is 19.3 Å². The molecule has 0 saturated carbocycles. The third kappa shape index (κ3) is 4.49. The molecule has 0 N–H and O–H groups in total. The van der Waals surface area contributed by atoms with Gasteiger partial charge in [0.05, 0.1) is 12.2 Å². The molecule has 7 nitrogen and oxygen atoms in total. The summed E-state index contributed by atoms with van der Waals surface area (Å²) >= 11 is 0. The van der Waals surface area contributed by atoms with Crippen LogP contribution in [0, 0.1) is 5.92 Å². The molecule has 2 aliphatic heterocycles. The number of pyridine rings is 1. The number of sulfonamides is 1. The van der Waals surface area contributed by atoms with Crippen molar-refractivity contribution in [2.24, 2.45) is 5.92 Å². The van der Waals surface area contributed by atoms with Gasteiger partial charge in [0.2, 0.25) is 15.9 Å². The highest BCUT2D eigenvalue weighted by molar-refractivity contribution is 7.88. The zero-order chi connectivity index (χ0) is 17.9. The summed E-state index contributed by atoms with van der Waals surface area (Å²) in [6.45, 7) is 3.59. The molecule has 25 heavy (non-hydrogen) atoms. The maximum Gasteiger partial charge on any atom is 0.227 e. The van der Waals surface area contributed by atoms with Crippen LogP contribution in [0.5, 0.6) is 0 Å². The Morgan fingerprint density at radius 2 is 1.96 bits per heavy atom. The van der Waals surface area contributed by atoms with E-state index in [4.69, 9.17) is 0 Å². The summed E-state index contributed by atoms with van der Waals surface area (Å²) in [7, 11) is -3.19. The molecule has 1 unspecified atom stereocenters. The lowest BCUT2D eigenvalue weighted by molar-refractivity contribution is -0.135. The Bertz CT molecular complexity index is 695. The zero-order valence-electron chi connectivity index (χ0n) is 14.7. The number of aromatic nitrogens is 1. The van der Waals surface area contributed by atoms with Crippen LogP contribution in [-0.4, -0.2) is 74.0 Å². The first-order chi connectivity index (χ1) is 11.9. The van der Waals surface area contributed by atoms with Crippen LogP contribution in [0.3, 0.4) is 0 Å². The van der Waals surface area contributed by atoms with Crippen molar-refractivity contribution in [3.8, 4) is 0 Å². The van der Waals surface area contributed by atoms with Crippen LogP contribution in [0.25, 0.3) is 0 Å². The van der Waals surface area contributed by atoms with E-state index in [1.165, 1.54) is 10.6 Å². The highest BCUT2D eigenvalue weighted by atomic mass is 32.2. The van der Waals surface area contributed by atoms with Crippen LogP contribution in [0.1, 0.15) is 19.3 Å². The second-order valence-corrected chi connectivity index (χ2v) is 8.80. The maximum atomic E-state index is 13.0. The van der Waals surface area contributed by atoms with Gasteiger partial charge in [0.25, 0.3) is 0 Å². The number of hydrogen-bond acceptors (Lipinski definition) is 5. The largest absolute Gasteiger partial charge is 0.356 e. The number of hydrogen-bond donors (Lipinski definition) is 0. The van der Waals surface area contributed by atoms with Crippen LogP contribution in [0.15, 0.2) is 24.4 Å². The van der Waals surface area contributed by atoms with Crippen molar-refractivity contribution >= 4 is 21.7 Å². The van der Waals surface area contributed by atoms with Crippen LogP contribution in [-0.2, 0) is 14.8 Å². The van der Waals surface area contributed by atoms with Gasteiger partial charge in [-0.05, 0) is 31.4 Å². The highest BCUT2D eigenvalue weighted by Gasteiger charge is 2.31. The first-order valence-electron chi connectivity index (χ1n) is 8.85. The van der Waals surface area contributed by atoms with E-state index in [1.807, 2.05) is 23.1 Å². The van der Waals surface area contributed by atoms with E-state index in [9.17, 15) is 13.2 Å². The van der Waals surface area contributed by atoms with Crippen molar-refractivity contribution in [1.29, 1.82) is 0 Å². The second kappa shape index (κ2) is 7.70. The number of amides is 1. The van der Waals surface area contributed by atoms with E-state index in [0.717, 1.165) is 25.2 Å². The summed E-state index contributed by atoms with van der Waals surface area (Å²) in [5.74, 6) is 1.02. The molecule has 8 heteroatoms. The summed E-state index contributed by atoms with van der Waals surface area (Å²) in [6.07, 6.45) is 5.55. The highest BCUT2D eigenvalue weighted by Crippen LogP contribution is 2.23. The van der Waals surface area contributed by atoms with Gasteiger partial charge in [-0.2, -0.15) is 0 Å². The molecule has 0 bridgehead atoms. The summed E-state index contributed by atoms with van der Waals surface area (Å²) in [4.78, 5) is 21.4. The average Bonchev–Trinajstić information content (AvgIpc) is 2.88. The number of rotatable bonds is 3. The molecular formula is C17H26N4O3S. The Balaban J connectivity index is 1.62. The molecule has 0 spiro atoms. The summed E-state index contributed by atoms with van der Waals surface area (Å²) < 4.78 is 24.9. The van der Waals surface area contributed by atoms with Gasteiger partial charge in [-0.1, -0.05) is 6.07 Å². The Kier molecular flexibility index (Phi) is 5.58. The van der Waals surface area contributed by atoms with Gasteiger partial charge >= 0.3 is 0 Å². The lowest BCUT2D eigenvalue weighted by Crippen LogP contribution is -2.46. The minimum absolute atomic E-state index is 0.0412. The Labute approximate surface area is 149 Å². The molecule has 2 aliphatic rings. The molecule has 3 heterocycles. The smallest absolute Gasteiger partial charge is 0.227 e. The fraction of sp³-hybridized carbons (Fsp3) is 0.647. The fourth-order valence-electron chi connectivity index (χ4n) is 3.63. The van der Waals surface area contributed by atoms with Crippen molar-refractivity contribution in [1.82, 2.24) is 14.2 Å². The Morgan fingerprint density at radius 1 is 1.12 bits per heavy atom. The number of nitrogens with zero attached hydrogens (tertiary/aromatic N) is 4. The molecular weight excluding hydrogens is 340 g/mol. The topological polar surface area (TPSA) is 73.8 Å². The van der Waals surface area contributed by atoms with Gasteiger partial charge in [-0.15, -0.1) is 0 Å². The molecule has 2 saturated heterocycles. The molecule has 2 fully saturated rings. The van der Waals surface area contributed by atoms with Gasteiger partial charge < -0.3 is 9.80 Å². The first-order valence-corrected chi connectivity index (χ1v) is 10.7. The van der Waals surface area contributed by atoms with Gasteiger partial charge in [-0.3, -0.25) is 4.79 Å². The molecule has 1 amide bonds. The third-order valence-corrected chi connectivity index (χ3v) is 6.28. The Morgan fingerprint density at radius 3 is 2.68 bits per heavy atom. The first kappa shape index (κ1) is 18.1. The molecule has 0 aliphatic carbocycles. The van der Waals surface area contributed by atoms with Crippen LogP contribution in [0.2, 0.25) is 0 Å². The van der Waals surface area contributed by atoms with Gasteiger partial charge in [0.1, 0.15) is 5.82 Å². The zero-order valence-corrected chi connectivity index (χ0v) is 15.5. The molecule has 3 rings (SSSR count). The Hall–Kier alpha value is -1.67. The lowest BCUT2D eigenvalue weighted by atomic mass is 9.96. The van der Waals surface area contributed by atoms with Crippen molar-refractivity contribution < 1.29 is 13.2 Å². The predicted molar refractivity (Wildman–Crippen MR) is 96.8 cm³/mol. The lowest BCUT2D eigenvalue weighted by Gasteiger charge is -2.35. The number of carbonyl (C=O) groups excluding carboxylic acids is 1. The van der Waals surface area contributed by atoms with E-state index < -0.39 is 10.0 Å². The molecule has 0 radical (unpaired) electrons. The van der Waals surface area contributed by atoms with Crippen LogP contribution < -0.4 is 4.90 Å². The third-order valence-electron chi connectivity index (χ3n) is 4.98. The number of carbonyl (C=O) groups is 1. The van der Waals surface area contributed by atoms with E-state index in [-0.39, 0.29) is 11.8 Å². The number of anilines is 1. The van der Waals surface area contributed by atoms with E-state index in [1.54, 1.807) is 6.20 Å². The monoisotopic (exact) mass is 366 g/mol. The van der Waals surface area contributed by atoms with Crippen molar-refractivity contribution in [3.05, 3.63) is 24.4 Å². The normalized spacial score (nSPS) is 23.3. The molecule has 1 aromatic rings. The second-order valence-electron chi connectivity index (χ2n) is 6.81. The van der Waals surface area contributed by atoms with Crippen LogP contribution in [0.4, 0.5) is 5.82 Å². The minimum Gasteiger partial charge on any atom is -0.356 e. The molecule has 1 atom stereocenters. The SMILES string of the molecule is CS(=O)(=O)N1CCCN(C(=O)C2CCCN(c3ccccn3)C2)CC1. The quantitative estimate of drug-likeness (QED) is 0.791. The fourth-order valence-corrected chi connectivity index (χ4v) is 4.51. The molecule has 1 aromatic heterocycles. The summed E-state index contributed by atoms with van der Waals surface area (Å²) in [5.41, 5.74) is 0. The van der Waals surface area contributed by atoms with Gasteiger partial charge in [0, 0.05) is 45.5 Å². The molecule has 0 aromatic carbocycles. The maximum absolute atomic E-state index is 13.0. The van der Waals surface area contributed by atoms with Crippen molar-refractivity contribution in [2.75, 3.05) is 50.4 Å². The number of piperidine rings is 1. The predicted octanol–water partition coefficient (Wildman–Crippen LogP) is 0.792. The van der Waals surface area contributed by atoms with Crippen LogP contribution >= 0.6 is 0 Å². The van der Waals surface area contributed by atoms with Gasteiger partial charge in [0.15, 0.2) is 0 Å². The standard InChI is InChI=1S/C17H26N4O3S/c1-25(23,24)21-11-5-10-19(12-13-21)17(22)15-6-4-9-20(14-15)16-7-2-3-8-18-16/h2-3,7-8,15H,4-6,9-14H2,1H3. The van der Waals surface area contributed by atoms with E-state index >= 15 is 0 Å².